The molecule has 3 nitrogen and oxygen atoms in total. The SMILES string of the molecule is NCc1ccc(N2CCCC2CO)c(F)c1F. The van der Waals surface area contributed by atoms with Gasteiger partial charge in [-0.2, -0.15) is 0 Å². The molecule has 1 heterocycles. The first-order valence-corrected chi connectivity index (χ1v) is 5.73. The number of rotatable bonds is 3. The minimum absolute atomic E-state index is 0.0214. The molecular weight excluding hydrogens is 226 g/mol. The molecule has 2 rings (SSSR count). The molecule has 1 aliphatic heterocycles. The molecule has 3 N–H and O–H groups in total. The van der Waals surface area contributed by atoms with Gasteiger partial charge in [0.2, 0.25) is 0 Å². The maximum Gasteiger partial charge on any atom is 0.182 e. The second-order valence-corrected chi connectivity index (χ2v) is 4.25. The fourth-order valence-electron chi connectivity index (χ4n) is 2.30. The number of aliphatic hydroxyl groups excluding tert-OH is 1. The van der Waals surface area contributed by atoms with Gasteiger partial charge in [0, 0.05) is 18.7 Å². The van der Waals surface area contributed by atoms with Gasteiger partial charge in [0.15, 0.2) is 11.6 Å². The quantitative estimate of drug-likeness (QED) is 0.842. The van der Waals surface area contributed by atoms with Gasteiger partial charge in [-0.15, -0.1) is 0 Å². The van der Waals surface area contributed by atoms with Gasteiger partial charge in [-0.3, -0.25) is 0 Å². The summed E-state index contributed by atoms with van der Waals surface area (Å²) in [6.45, 7) is 0.579. The fourth-order valence-corrected chi connectivity index (χ4v) is 2.30. The first-order chi connectivity index (χ1) is 8.19. The second-order valence-electron chi connectivity index (χ2n) is 4.25. The number of hydrogen-bond donors (Lipinski definition) is 2. The van der Waals surface area contributed by atoms with Crippen molar-refractivity contribution in [1.29, 1.82) is 0 Å². The van der Waals surface area contributed by atoms with E-state index in [9.17, 15) is 13.9 Å². The Labute approximate surface area is 98.8 Å². The Hall–Kier alpha value is -1.20. The van der Waals surface area contributed by atoms with E-state index in [1.165, 1.54) is 12.1 Å². The minimum atomic E-state index is -0.881. The predicted octanol–water partition coefficient (Wildman–Crippen LogP) is 1.38. The predicted molar refractivity (Wildman–Crippen MR) is 61.7 cm³/mol. The van der Waals surface area contributed by atoms with Crippen LogP contribution in [-0.4, -0.2) is 24.3 Å². The van der Waals surface area contributed by atoms with Crippen LogP contribution in [0.15, 0.2) is 12.1 Å². The summed E-state index contributed by atoms with van der Waals surface area (Å²) in [4.78, 5) is 1.72. The highest BCUT2D eigenvalue weighted by Crippen LogP contribution is 2.30. The number of anilines is 1. The van der Waals surface area contributed by atoms with Crippen molar-refractivity contribution >= 4 is 5.69 Å². The molecule has 0 radical (unpaired) electrons. The third-order valence-corrected chi connectivity index (χ3v) is 3.26. The summed E-state index contributed by atoms with van der Waals surface area (Å²) in [5, 5.41) is 9.18. The molecule has 1 unspecified atom stereocenters. The van der Waals surface area contributed by atoms with E-state index in [0.29, 0.717) is 6.54 Å². The second kappa shape index (κ2) is 4.98. The van der Waals surface area contributed by atoms with Crippen molar-refractivity contribution in [3.63, 3.8) is 0 Å². The van der Waals surface area contributed by atoms with E-state index in [2.05, 4.69) is 0 Å². The van der Waals surface area contributed by atoms with E-state index in [-0.39, 0.29) is 30.4 Å². The van der Waals surface area contributed by atoms with Gasteiger partial charge in [-0.1, -0.05) is 6.07 Å². The number of nitrogens with zero attached hydrogens (tertiary/aromatic N) is 1. The van der Waals surface area contributed by atoms with Crippen LogP contribution in [0.2, 0.25) is 0 Å². The van der Waals surface area contributed by atoms with E-state index in [1.807, 2.05) is 0 Å². The van der Waals surface area contributed by atoms with Crippen molar-refractivity contribution in [1.82, 2.24) is 0 Å². The van der Waals surface area contributed by atoms with Crippen molar-refractivity contribution in [2.75, 3.05) is 18.1 Å². The summed E-state index contributed by atoms with van der Waals surface area (Å²) in [5.41, 5.74) is 5.71. The van der Waals surface area contributed by atoms with Gasteiger partial charge >= 0.3 is 0 Å². The Morgan fingerprint density at radius 2 is 2.12 bits per heavy atom. The van der Waals surface area contributed by atoms with Gasteiger partial charge in [0.05, 0.1) is 18.3 Å². The lowest BCUT2D eigenvalue weighted by Crippen LogP contribution is -2.33. The van der Waals surface area contributed by atoms with Crippen LogP contribution in [-0.2, 0) is 6.54 Å². The number of halogens is 2. The zero-order chi connectivity index (χ0) is 12.4. The molecule has 5 heteroatoms. The zero-order valence-electron chi connectivity index (χ0n) is 9.50. The van der Waals surface area contributed by atoms with Gasteiger partial charge in [-0.25, -0.2) is 8.78 Å². The average Bonchev–Trinajstić information content (AvgIpc) is 2.80. The molecule has 94 valence electrons. The summed E-state index contributed by atoms with van der Waals surface area (Å²) in [6, 6.07) is 2.92. The number of nitrogens with two attached hydrogens (primary N) is 1. The first kappa shape index (κ1) is 12.3. The highest BCUT2D eigenvalue weighted by atomic mass is 19.2. The third kappa shape index (κ3) is 2.12. The van der Waals surface area contributed by atoms with Crippen LogP contribution in [0.3, 0.4) is 0 Å². The Balaban J connectivity index is 2.36. The standard InChI is InChI=1S/C12H16F2N2O/c13-11-8(6-15)3-4-10(12(11)14)16-5-1-2-9(16)7-17/h3-4,9,17H,1-2,5-7,15H2. The summed E-state index contributed by atoms with van der Waals surface area (Å²) < 4.78 is 27.5. The molecule has 0 aromatic heterocycles. The van der Waals surface area contributed by atoms with Crippen LogP contribution in [0.5, 0.6) is 0 Å². The van der Waals surface area contributed by atoms with E-state index in [0.717, 1.165) is 12.8 Å². The molecule has 1 aromatic carbocycles. The Kier molecular flexibility index (Phi) is 3.59. The molecule has 1 fully saturated rings. The minimum Gasteiger partial charge on any atom is -0.394 e. The molecular formula is C12H16F2N2O. The molecule has 1 aromatic rings. The number of aliphatic hydroxyl groups is 1. The van der Waals surface area contributed by atoms with E-state index in [4.69, 9.17) is 5.73 Å². The van der Waals surface area contributed by atoms with Crippen molar-refractivity contribution in [2.24, 2.45) is 5.73 Å². The van der Waals surface area contributed by atoms with Crippen LogP contribution < -0.4 is 10.6 Å². The Morgan fingerprint density at radius 1 is 1.35 bits per heavy atom. The topological polar surface area (TPSA) is 49.5 Å². The maximum atomic E-state index is 13.9. The molecule has 0 amide bonds. The smallest absolute Gasteiger partial charge is 0.182 e. The normalized spacial score (nSPS) is 20.0. The molecule has 1 saturated heterocycles. The fraction of sp³-hybridized carbons (Fsp3) is 0.500. The highest BCUT2D eigenvalue weighted by molar-refractivity contribution is 5.51. The van der Waals surface area contributed by atoms with Crippen molar-refractivity contribution in [2.45, 2.75) is 25.4 Å². The average molecular weight is 242 g/mol. The monoisotopic (exact) mass is 242 g/mol. The summed E-state index contributed by atoms with van der Waals surface area (Å²) in [5.74, 6) is -1.75. The number of benzene rings is 1. The van der Waals surface area contributed by atoms with Crippen LogP contribution in [0, 0.1) is 11.6 Å². The molecule has 0 aliphatic carbocycles. The first-order valence-electron chi connectivity index (χ1n) is 5.73. The van der Waals surface area contributed by atoms with Crippen molar-refractivity contribution < 1.29 is 13.9 Å². The summed E-state index contributed by atoms with van der Waals surface area (Å²) in [7, 11) is 0. The van der Waals surface area contributed by atoms with Crippen molar-refractivity contribution in [3.8, 4) is 0 Å². The Bertz CT molecular complexity index is 412. The van der Waals surface area contributed by atoms with Crippen molar-refractivity contribution in [3.05, 3.63) is 29.3 Å². The van der Waals surface area contributed by atoms with E-state index >= 15 is 0 Å². The number of hydrogen-bond acceptors (Lipinski definition) is 3. The molecule has 0 spiro atoms. The zero-order valence-corrected chi connectivity index (χ0v) is 9.50. The van der Waals surface area contributed by atoms with Crippen LogP contribution in [0.25, 0.3) is 0 Å². The van der Waals surface area contributed by atoms with Gasteiger partial charge < -0.3 is 15.7 Å². The molecule has 1 aliphatic rings. The van der Waals surface area contributed by atoms with Gasteiger partial charge in [0.1, 0.15) is 0 Å². The Morgan fingerprint density at radius 3 is 2.76 bits per heavy atom. The highest BCUT2D eigenvalue weighted by Gasteiger charge is 2.27. The van der Waals surface area contributed by atoms with Gasteiger partial charge in [-0.05, 0) is 18.9 Å². The molecule has 0 bridgehead atoms. The summed E-state index contributed by atoms with van der Waals surface area (Å²) >= 11 is 0. The maximum absolute atomic E-state index is 13.9. The molecule has 0 saturated carbocycles. The van der Waals surface area contributed by atoms with Crippen LogP contribution in [0.1, 0.15) is 18.4 Å². The van der Waals surface area contributed by atoms with E-state index in [1.54, 1.807) is 4.90 Å². The molecule has 1 atom stereocenters. The van der Waals surface area contributed by atoms with E-state index < -0.39 is 11.6 Å². The van der Waals surface area contributed by atoms with Crippen LogP contribution >= 0.6 is 0 Å². The largest absolute Gasteiger partial charge is 0.394 e. The lowest BCUT2D eigenvalue weighted by molar-refractivity contribution is 0.266. The summed E-state index contributed by atoms with van der Waals surface area (Å²) in [6.07, 6.45) is 1.68. The van der Waals surface area contributed by atoms with Gasteiger partial charge in [0.25, 0.3) is 0 Å². The lowest BCUT2D eigenvalue weighted by atomic mass is 10.1. The van der Waals surface area contributed by atoms with Crippen LogP contribution in [0.4, 0.5) is 14.5 Å². The molecule has 17 heavy (non-hydrogen) atoms. The lowest BCUT2D eigenvalue weighted by Gasteiger charge is -2.26. The third-order valence-electron chi connectivity index (χ3n) is 3.26.